The minimum absolute atomic E-state index is 0.103. The van der Waals surface area contributed by atoms with E-state index >= 15 is 0 Å². The third kappa shape index (κ3) is 5.51. The molecule has 0 radical (unpaired) electrons. The van der Waals surface area contributed by atoms with E-state index in [4.69, 9.17) is 39.3 Å². The summed E-state index contributed by atoms with van der Waals surface area (Å²) in [6, 6.07) is 17.4. The van der Waals surface area contributed by atoms with Gasteiger partial charge >= 0.3 is 0 Å². The molecule has 1 aliphatic carbocycles. The summed E-state index contributed by atoms with van der Waals surface area (Å²) in [7, 11) is 0. The Labute approximate surface area is 236 Å². The van der Waals surface area contributed by atoms with Crippen molar-refractivity contribution in [1.29, 1.82) is 0 Å². The monoisotopic (exact) mass is 588 g/mol. The molecule has 0 aliphatic heterocycles. The van der Waals surface area contributed by atoms with E-state index in [1.807, 2.05) is 12.1 Å². The first-order valence-electron chi connectivity index (χ1n) is 11.7. The van der Waals surface area contributed by atoms with Crippen LogP contribution in [0.3, 0.4) is 0 Å². The van der Waals surface area contributed by atoms with Gasteiger partial charge in [-0.05, 0) is 78.4 Å². The highest BCUT2D eigenvalue weighted by Crippen LogP contribution is 2.57. The summed E-state index contributed by atoms with van der Waals surface area (Å²) >= 11 is 17.1. The fourth-order valence-corrected chi connectivity index (χ4v) is 5.69. The molecule has 1 heterocycles. The Morgan fingerprint density at radius 2 is 1.71 bits per heavy atom. The standard InChI is InChI=1S/C27H22Cl3N3O4S/c1-15(38(35)36)17-4-2-16(3-5-17)12-23(34)31-20-13-21(29)24(22(30)14-20)27(10-11-27)26-32-25(33-37-26)18-6-8-19(28)9-7-18/h2-9,13-15H,10-12H2,1H3,(H,31,34)(H,35,36)/p-1. The third-order valence-electron chi connectivity index (χ3n) is 6.59. The molecule has 11 heteroatoms. The maximum atomic E-state index is 12.7. The quantitative estimate of drug-likeness (QED) is 0.224. The first-order chi connectivity index (χ1) is 18.2. The zero-order valence-corrected chi connectivity index (χ0v) is 23.1. The topological polar surface area (TPSA) is 108 Å². The Bertz CT molecular complexity index is 1500. The van der Waals surface area contributed by atoms with Crippen LogP contribution in [0.15, 0.2) is 65.2 Å². The average Bonchev–Trinajstić information content (AvgIpc) is 3.50. The van der Waals surface area contributed by atoms with E-state index in [1.165, 1.54) is 0 Å². The molecule has 1 saturated carbocycles. The summed E-state index contributed by atoms with van der Waals surface area (Å²) in [5.41, 5.74) is 2.75. The van der Waals surface area contributed by atoms with Crippen LogP contribution in [0, 0.1) is 0 Å². The van der Waals surface area contributed by atoms with Gasteiger partial charge in [0.25, 0.3) is 0 Å². The van der Waals surface area contributed by atoms with Crippen LogP contribution in [0.25, 0.3) is 11.4 Å². The lowest BCUT2D eigenvalue weighted by Gasteiger charge is -2.17. The number of amides is 1. The molecule has 1 N–H and O–H groups in total. The molecule has 1 aromatic heterocycles. The maximum absolute atomic E-state index is 12.7. The second-order valence-corrected chi connectivity index (χ2v) is 11.7. The van der Waals surface area contributed by atoms with Gasteiger partial charge in [0, 0.05) is 37.1 Å². The summed E-state index contributed by atoms with van der Waals surface area (Å²) in [5, 5.41) is 7.73. The van der Waals surface area contributed by atoms with Crippen LogP contribution in [0.5, 0.6) is 0 Å². The van der Waals surface area contributed by atoms with E-state index in [2.05, 4.69) is 15.5 Å². The summed E-state index contributed by atoms with van der Waals surface area (Å²) in [6.45, 7) is 1.60. The van der Waals surface area contributed by atoms with Gasteiger partial charge in [0.15, 0.2) is 0 Å². The predicted octanol–water partition coefficient (Wildman–Crippen LogP) is 6.90. The lowest BCUT2D eigenvalue weighted by atomic mass is 9.95. The summed E-state index contributed by atoms with van der Waals surface area (Å²) in [4.78, 5) is 17.3. The predicted molar refractivity (Wildman–Crippen MR) is 147 cm³/mol. The number of nitrogens with zero attached hydrogens (tertiary/aromatic N) is 2. The first kappa shape index (κ1) is 26.8. The molecule has 0 bridgehead atoms. The van der Waals surface area contributed by atoms with Crippen LogP contribution >= 0.6 is 34.8 Å². The van der Waals surface area contributed by atoms with Gasteiger partial charge in [0.1, 0.15) is 0 Å². The minimum atomic E-state index is -2.21. The van der Waals surface area contributed by atoms with Crippen LogP contribution in [0.4, 0.5) is 5.69 Å². The van der Waals surface area contributed by atoms with Crippen molar-refractivity contribution in [2.45, 2.75) is 36.9 Å². The van der Waals surface area contributed by atoms with Gasteiger partial charge in [0.05, 0.1) is 11.8 Å². The number of carbonyl (C=O) groups excluding carboxylic acids is 1. The summed E-state index contributed by atoms with van der Waals surface area (Å²) < 4.78 is 27.9. The first-order valence-corrected chi connectivity index (χ1v) is 14.0. The molecule has 1 aliphatic rings. The molecule has 1 fully saturated rings. The Balaban J connectivity index is 1.31. The largest absolute Gasteiger partial charge is 0.772 e. The molecule has 0 spiro atoms. The molecule has 4 aromatic rings. The molecule has 2 unspecified atom stereocenters. The highest BCUT2D eigenvalue weighted by Gasteiger charge is 2.53. The summed E-state index contributed by atoms with van der Waals surface area (Å²) in [6.07, 6.45) is 1.59. The molecule has 196 valence electrons. The van der Waals surface area contributed by atoms with Gasteiger partial charge in [0.2, 0.25) is 17.6 Å². The average molecular weight is 590 g/mol. The van der Waals surface area contributed by atoms with Crippen molar-refractivity contribution in [2.75, 3.05) is 5.32 Å². The lowest BCUT2D eigenvalue weighted by molar-refractivity contribution is -0.115. The molecule has 1 amide bonds. The fraction of sp³-hybridized carbons (Fsp3) is 0.222. The van der Waals surface area contributed by atoms with E-state index in [-0.39, 0.29) is 12.3 Å². The van der Waals surface area contributed by atoms with Crippen LogP contribution < -0.4 is 5.32 Å². The van der Waals surface area contributed by atoms with E-state index < -0.39 is 21.7 Å². The lowest BCUT2D eigenvalue weighted by Crippen LogP contribution is -2.16. The number of anilines is 1. The van der Waals surface area contributed by atoms with Crippen molar-refractivity contribution in [3.05, 3.63) is 98.3 Å². The molecule has 38 heavy (non-hydrogen) atoms. The molecule has 0 saturated heterocycles. The van der Waals surface area contributed by atoms with E-state index in [0.29, 0.717) is 43.6 Å². The zero-order valence-electron chi connectivity index (χ0n) is 20.0. The Hall–Kier alpha value is -2.75. The normalized spacial score (nSPS) is 15.6. The van der Waals surface area contributed by atoms with Gasteiger partial charge in [-0.25, -0.2) is 0 Å². The Kier molecular flexibility index (Phi) is 7.62. The van der Waals surface area contributed by atoms with Crippen LogP contribution in [0.1, 0.15) is 47.6 Å². The fourth-order valence-electron chi connectivity index (χ4n) is 4.34. The highest BCUT2D eigenvalue weighted by atomic mass is 35.5. The third-order valence-corrected chi connectivity index (χ3v) is 8.29. The molecule has 2 atom stereocenters. The van der Waals surface area contributed by atoms with Gasteiger partial charge in [-0.15, -0.1) is 0 Å². The number of halogens is 3. The second-order valence-electron chi connectivity index (χ2n) is 9.20. The maximum Gasteiger partial charge on any atom is 0.237 e. The summed E-state index contributed by atoms with van der Waals surface area (Å²) in [5.74, 6) is 0.619. The van der Waals surface area contributed by atoms with Gasteiger partial charge < -0.3 is 14.4 Å². The number of nitrogens with one attached hydrogen (secondary N) is 1. The molecular weight excluding hydrogens is 569 g/mol. The number of hydrogen-bond acceptors (Lipinski definition) is 6. The number of carbonyl (C=O) groups is 1. The SMILES string of the molecule is CC(c1ccc(CC(=O)Nc2cc(Cl)c(C3(c4nc(-c5ccc(Cl)cc5)no4)CC3)c(Cl)c2)cc1)S(=O)[O-]. The van der Waals surface area contributed by atoms with Crippen molar-refractivity contribution in [2.24, 2.45) is 0 Å². The number of benzene rings is 3. The van der Waals surface area contributed by atoms with Gasteiger partial charge in [-0.3, -0.25) is 9.00 Å². The van der Waals surface area contributed by atoms with Crippen molar-refractivity contribution < 1.29 is 18.1 Å². The molecule has 5 rings (SSSR count). The number of hydrogen-bond donors (Lipinski definition) is 1. The van der Waals surface area contributed by atoms with Crippen LogP contribution in [0.2, 0.25) is 15.1 Å². The minimum Gasteiger partial charge on any atom is -0.772 e. The number of rotatable bonds is 8. The second kappa shape index (κ2) is 10.8. The molecule has 3 aromatic carbocycles. The van der Waals surface area contributed by atoms with Crippen molar-refractivity contribution in [3.63, 3.8) is 0 Å². The van der Waals surface area contributed by atoms with E-state index in [1.54, 1.807) is 55.5 Å². The van der Waals surface area contributed by atoms with Crippen LogP contribution in [-0.4, -0.2) is 24.8 Å². The van der Waals surface area contributed by atoms with E-state index in [0.717, 1.165) is 24.0 Å². The molecule has 7 nitrogen and oxygen atoms in total. The smallest absolute Gasteiger partial charge is 0.237 e. The highest BCUT2D eigenvalue weighted by molar-refractivity contribution is 7.79. The molecular formula is C27H21Cl3N3O4S-. The number of aromatic nitrogens is 2. The van der Waals surface area contributed by atoms with Crippen LogP contribution in [-0.2, 0) is 27.7 Å². The van der Waals surface area contributed by atoms with Crippen molar-refractivity contribution in [3.8, 4) is 11.4 Å². The van der Waals surface area contributed by atoms with Crippen molar-refractivity contribution in [1.82, 2.24) is 10.1 Å². The Morgan fingerprint density at radius 3 is 2.29 bits per heavy atom. The Morgan fingerprint density at radius 1 is 1.08 bits per heavy atom. The van der Waals surface area contributed by atoms with Crippen molar-refractivity contribution >= 4 is 57.5 Å². The van der Waals surface area contributed by atoms with Gasteiger partial charge in [-0.1, -0.05) is 64.2 Å². The van der Waals surface area contributed by atoms with Gasteiger partial charge in [-0.2, -0.15) is 4.98 Å². The zero-order chi connectivity index (χ0) is 27.0. The van der Waals surface area contributed by atoms with E-state index in [9.17, 15) is 13.6 Å².